The topological polar surface area (TPSA) is 63.7 Å². The Hall–Kier alpha value is -3.34. The summed E-state index contributed by atoms with van der Waals surface area (Å²) in [7, 11) is 0. The molecule has 0 fully saturated rings. The molecule has 3 aromatic rings. The summed E-state index contributed by atoms with van der Waals surface area (Å²) in [5, 5.41) is 13.3. The van der Waals surface area contributed by atoms with Gasteiger partial charge in [-0.15, -0.1) is 0 Å². The minimum Gasteiger partial charge on any atom is -0.471 e. The summed E-state index contributed by atoms with van der Waals surface area (Å²) >= 11 is 0. The highest BCUT2D eigenvalue weighted by Crippen LogP contribution is 2.22. The molecule has 8 heteroatoms. The lowest BCUT2D eigenvalue weighted by atomic mass is 10.2. The summed E-state index contributed by atoms with van der Waals surface area (Å²) < 4.78 is 46.6. The molecule has 2 heterocycles. The van der Waals surface area contributed by atoms with Crippen LogP contribution < -0.4 is 4.74 Å². The zero-order chi connectivity index (χ0) is 18.8. The van der Waals surface area contributed by atoms with E-state index in [0.29, 0.717) is 22.9 Å². The van der Waals surface area contributed by atoms with Gasteiger partial charge in [0, 0.05) is 17.3 Å². The van der Waals surface area contributed by atoms with Crippen LogP contribution in [0.3, 0.4) is 0 Å². The zero-order valence-electron chi connectivity index (χ0n) is 13.9. The van der Waals surface area contributed by atoms with Gasteiger partial charge in [0.2, 0.25) is 0 Å². The van der Waals surface area contributed by atoms with Crippen molar-refractivity contribution in [2.24, 2.45) is 0 Å². The third-order valence-corrected chi connectivity index (χ3v) is 3.89. The monoisotopic (exact) mass is 358 g/mol. The number of pyridine rings is 1. The maximum absolute atomic E-state index is 13.6. The van der Waals surface area contributed by atoms with E-state index in [1.54, 1.807) is 42.8 Å². The first-order chi connectivity index (χ1) is 12.4. The first-order valence-electron chi connectivity index (χ1n) is 7.60. The Bertz CT molecular complexity index is 1010. The molecular weight excluding hydrogens is 345 g/mol. The molecular formula is C18H13F3N4O. The van der Waals surface area contributed by atoms with Gasteiger partial charge < -0.3 is 4.74 Å². The molecule has 0 saturated heterocycles. The van der Waals surface area contributed by atoms with Crippen molar-refractivity contribution in [1.82, 2.24) is 14.8 Å². The molecule has 0 radical (unpaired) electrons. The Labute approximate surface area is 147 Å². The molecule has 26 heavy (non-hydrogen) atoms. The fraction of sp³-hybridized carbons (Fsp3) is 0.167. The van der Waals surface area contributed by atoms with Crippen LogP contribution in [0.5, 0.6) is 5.88 Å². The van der Waals surface area contributed by atoms with E-state index >= 15 is 0 Å². The van der Waals surface area contributed by atoms with Gasteiger partial charge in [0.15, 0.2) is 11.6 Å². The lowest BCUT2D eigenvalue weighted by molar-refractivity contribution is 0.267. The van der Waals surface area contributed by atoms with Crippen LogP contribution in [0.25, 0.3) is 5.69 Å². The van der Waals surface area contributed by atoms with E-state index in [9.17, 15) is 13.2 Å². The van der Waals surface area contributed by atoms with Gasteiger partial charge in [-0.3, -0.25) is 0 Å². The van der Waals surface area contributed by atoms with Crippen molar-refractivity contribution in [1.29, 1.82) is 5.26 Å². The molecule has 132 valence electrons. The lowest BCUT2D eigenvalue weighted by Gasteiger charge is -2.08. The van der Waals surface area contributed by atoms with Crippen LogP contribution in [0.1, 0.15) is 22.5 Å². The average molecular weight is 358 g/mol. The smallest absolute Gasteiger partial charge is 0.253 e. The number of aryl methyl sites for hydroxylation is 1. The Balaban J connectivity index is 1.86. The van der Waals surface area contributed by atoms with Crippen molar-refractivity contribution in [3.8, 4) is 17.6 Å². The number of rotatable bonds is 4. The van der Waals surface area contributed by atoms with Crippen LogP contribution in [-0.4, -0.2) is 14.8 Å². The number of benzene rings is 1. The minimum absolute atomic E-state index is 0.108. The summed E-state index contributed by atoms with van der Waals surface area (Å²) in [5.41, 5.74) is 3.30. The van der Waals surface area contributed by atoms with Crippen molar-refractivity contribution in [2.75, 3.05) is 0 Å². The van der Waals surface area contributed by atoms with E-state index in [0.717, 1.165) is 11.4 Å². The predicted molar refractivity (Wildman–Crippen MR) is 86.2 cm³/mol. The Morgan fingerprint density at radius 1 is 1.12 bits per heavy atom. The largest absolute Gasteiger partial charge is 0.471 e. The number of hydrogen-bond donors (Lipinski definition) is 0. The average Bonchev–Trinajstić information content (AvgIpc) is 2.91. The highest BCUT2D eigenvalue weighted by atomic mass is 19.2. The summed E-state index contributed by atoms with van der Waals surface area (Å²) in [6.45, 7) is 3.44. The minimum atomic E-state index is -1.43. The first-order valence-corrected chi connectivity index (χ1v) is 7.60. The molecule has 0 aliphatic heterocycles. The van der Waals surface area contributed by atoms with E-state index in [2.05, 4.69) is 10.1 Å². The van der Waals surface area contributed by atoms with E-state index in [4.69, 9.17) is 10.00 Å². The maximum atomic E-state index is 13.6. The third-order valence-electron chi connectivity index (χ3n) is 3.89. The van der Waals surface area contributed by atoms with Crippen molar-refractivity contribution in [3.63, 3.8) is 0 Å². The molecule has 0 bridgehead atoms. The van der Waals surface area contributed by atoms with E-state index < -0.39 is 23.5 Å². The van der Waals surface area contributed by atoms with Crippen LogP contribution in [0, 0.1) is 42.8 Å². The van der Waals surface area contributed by atoms with Gasteiger partial charge in [0.25, 0.3) is 11.8 Å². The molecule has 0 N–H and O–H groups in total. The number of halogens is 3. The molecule has 0 amide bonds. The van der Waals surface area contributed by atoms with Gasteiger partial charge in [-0.05, 0) is 38.1 Å². The van der Waals surface area contributed by atoms with Gasteiger partial charge in [-0.25, -0.2) is 13.5 Å². The second-order valence-corrected chi connectivity index (χ2v) is 5.56. The van der Waals surface area contributed by atoms with Gasteiger partial charge in [-0.2, -0.15) is 19.7 Å². The van der Waals surface area contributed by atoms with Gasteiger partial charge in [-0.1, -0.05) is 0 Å². The van der Waals surface area contributed by atoms with Crippen LogP contribution >= 0.6 is 0 Å². The number of nitriles is 1. The quantitative estimate of drug-likeness (QED) is 0.667. The first kappa shape index (κ1) is 17.5. The second kappa shape index (κ2) is 6.88. The predicted octanol–water partition coefficient (Wildman–Crippen LogP) is 3.75. The van der Waals surface area contributed by atoms with E-state index in [1.807, 2.05) is 6.07 Å². The number of nitrogens with zero attached hydrogens (tertiary/aromatic N) is 4. The van der Waals surface area contributed by atoms with Gasteiger partial charge in [0.1, 0.15) is 6.61 Å². The molecule has 1 aromatic carbocycles. The SMILES string of the molecule is Cc1nn(-c2ccc(C#N)cc2)c(C)c1COc1nc(F)c(F)cc1F. The number of hydrogen-bond acceptors (Lipinski definition) is 4. The zero-order valence-corrected chi connectivity index (χ0v) is 13.9. The maximum Gasteiger partial charge on any atom is 0.253 e. The highest BCUT2D eigenvalue weighted by molar-refractivity contribution is 5.41. The second-order valence-electron chi connectivity index (χ2n) is 5.56. The standard InChI is InChI=1S/C18H13F3N4O/c1-10-14(9-26-18-16(20)7-15(19)17(21)23-18)11(2)25(24-10)13-5-3-12(8-22)4-6-13/h3-7H,9H2,1-2H3. The number of ether oxygens (including phenoxy) is 1. The lowest BCUT2D eigenvalue weighted by Crippen LogP contribution is -2.05. The van der Waals surface area contributed by atoms with Crippen LogP contribution in [0.15, 0.2) is 30.3 Å². The molecule has 0 aliphatic rings. The van der Waals surface area contributed by atoms with Gasteiger partial charge >= 0.3 is 0 Å². The summed E-state index contributed by atoms with van der Waals surface area (Å²) in [5.74, 6) is -4.51. The van der Waals surface area contributed by atoms with Crippen molar-refractivity contribution >= 4 is 0 Å². The Kier molecular flexibility index (Phi) is 4.63. The molecule has 0 unspecified atom stereocenters. The molecule has 0 aliphatic carbocycles. The Morgan fingerprint density at radius 3 is 2.46 bits per heavy atom. The van der Waals surface area contributed by atoms with Gasteiger partial charge in [0.05, 0.1) is 23.0 Å². The fourth-order valence-electron chi connectivity index (χ4n) is 2.48. The molecule has 0 spiro atoms. The van der Waals surface area contributed by atoms with Crippen molar-refractivity contribution in [2.45, 2.75) is 20.5 Å². The molecule has 0 atom stereocenters. The highest BCUT2D eigenvalue weighted by Gasteiger charge is 2.17. The van der Waals surface area contributed by atoms with Crippen LogP contribution in [0.4, 0.5) is 13.2 Å². The summed E-state index contributed by atoms with van der Waals surface area (Å²) in [6.07, 6.45) is 0. The molecule has 0 saturated carbocycles. The van der Waals surface area contributed by atoms with E-state index in [-0.39, 0.29) is 6.61 Å². The molecule has 2 aromatic heterocycles. The van der Waals surface area contributed by atoms with Crippen LogP contribution in [0.2, 0.25) is 0 Å². The summed E-state index contributed by atoms with van der Waals surface area (Å²) in [4.78, 5) is 3.13. The molecule has 3 rings (SSSR count). The fourth-order valence-corrected chi connectivity index (χ4v) is 2.48. The Morgan fingerprint density at radius 2 is 1.81 bits per heavy atom. The third kappa shape index (κ3) is 3.24. The van der Waals surface area contributed by atoms with Crippen molar-refractivity contribution < 1.29 is 17.9 Å². The summed E-state index contributed by atoms with van der Waals surface area (Å²) in [6, 6.07) is 9.26. The van der Waals surface area contributed by atoms with Crippen LogP contribution in [-0.2, 0) is 6.61 Å². The normalized spacial score (nSPS) is 10.6. The molecule has 5 nitrogen and oxygen atoms in total. The van der Waals surface area contributed by atoms with E-state index in [1.165, 1.54) is 0 Å². The van der Waals surface area contributed by atoms with Crippen molar-refractivity contribution in [3.05, 3.63) is 70.4 Å². The number of aromatic nitrogens is 3.